The number of allylic oxidation sites excluding steroid dienone is 3. The van der Waals surface area contributed by atoms with Crippen LogP contribution in [0.25, 0.3) is 0 Å². The molecule has 6 amide bonds. The first-order chi connectivity index (χ1) is 43.6. The molecule has 9 atom stereocenters. The van der Waals surface area contributed by atoms with Gasteiger partial charge in [0.1, 0.15) is 73.4 Å². The smallest absolute Gasteiger partial charge is 0.412 e. The van der Waals surface area contributed by atoms with Crippen molar-refractivity contribution in [2.75, 3.05) is 104 Å². The summed E-state index contributed by atoms with van der Waals surface area (Å²) in [5, 5.41) is 39.7. The molecule has 31 heteroatoms. The van der Waals surface area contributed by atoms with Crippen LogP contribution < -0.4 is 30.4 Å². The molecule has 502 valence electrons. The lowest BCUT2D eigenvalue weighted by Gasteiger charge is -2.42. The first-order valence-corrected chi connectivity index (χ1v) is 29.6. The number of halogens is 1. The summed E-state index contributed by atoms with van der Waals surface area (Å²) in [7, 11) is 8.55. The van der Waals surface area contributed by atoms with Crippen LogP contribution in [0.5, 0.6) is 17.5 Å². The average molecular weight is 1310 g/mol. The van der Waals surface area contributed by atoms with Gasteiger partial charge in [0.25, 0.3) is 0 Å². The van der Waals surface area contributed by atoms with Crippen molar-refractivity contribution in [2.45, 2.75) is 108 Å². The first kappa shape index (κ1) is 70.6. The summed E-state index contributed by atoms with van der Waals surface area (Å²) in [6.07, 6.45) is -0.347. The largest absolute Gasteiger partial charge is 0.495 e. The molecule has 4 aliphatic rings. The molecule has 30 nitrogen and oxygen atoms in total. The van der Waals surface area contributed by atoms with Gasteiger partial charge < -0.3 is 92.4 Å². The van der Waals surface area contributed by atoms with Crippen LogP contribution in [0.3, 0.4) is 0 Å². The Morgan fingerprint density at radius 2 is 1.64 bits per heavy atom. The molecule has 4 bridgehead atoms. The number of hydrogen-bond donors (Lipinski definition) is 6. The molecule has 92 heavy (non-hydrogen) atoms. The Hall–Kier alpha value is -8.81. The molecule has 2 fully saturated rings. The standard InChI is InChI=1S/C61H79ClN8O22/c1-35-13-11-15-46(83-10)61(81)30-45(89-57(78)65-61)36(2)54-60(4,91-54)47(29-51(74)69(8)43-27-39(25-35)28-44(82-9)53(43)62)90-55(76)37(3)68(7)48(71)20-24-86-58(79)66(5)21-22-67(6)59(80)87-32-38-16-17-41(64-56(77)88-40-14-12-23-84-34-85-33-40)42(26-38)63-31-52(75)92-70-49(72)18-19-50(70)73/h11-19,26-28,36-37,40,45-47,54,63,72-73,81H,20-25,29-34H2,1-10H3,(H,64,77)(H,65,78)/t36-,37+,40?,45+,46-,47+,54+,60+,61+/m1/s1. The van der Waals surface area contributed by atoms with E-state index in [2.05, 4.69) is 16.0 Å². The maximum atomic E-state index is 14.4. The number of aromatic hydroxyl groups is 2. The minimum Gasteiger partial charge on any atom is -0.495 e. The van der Waals surface area contributed by atoms with Crippen LogP contribution in [0.1, 0.15) is 58.1 Å². The SMILES string of the molecule is COc1cc2cc(c1Cl)N(C)C(=O)C[C@H](OC(=O)[C@H](C)N(C)C(=O)CCOC(=O)N(C)CCN(C)C(=O)OCc1ccc(NC(=O)OC3C=CCOCOC3)c(NCC(=O)On3c(O)ccc3O)c1)[C@]1(C)O[C@H]1[C@H](C)[C@@H]1C[C@@](O)(NC(=O)O1)[C@H](OC)C=CC=C(C)C2. The molecule has 1 unspecified atom stereocenters. The highest BCUT2D eigenvalue weighted by Crippen LogP contribution is 2.49. The molecule has 1 aromatic heterocycles. The number of likely N-dealkylation sites (N-methyl/N-ethyl adjacent to an activating group) is 3. The van der Waals surface area contributed by atoms with Crippen LogP contribution >= 0.6 is 11.6 Å². The second-order valence-corrected chi connectivity index (χ2v) is 22.9. The Bertz CT molecular complexity index is 3270. The predicted octanol–water partition coefficient (Wildman–Crippen LogP) is 5.00. The van der Waals surface area contributed by atoms with Crippen LogP contribution in [0.2, 0.25) is 5.02 Å². The number of benzene rings is 2. The topological polar surface area (TPSA) is 356 Å². The summed E-state index contributed by atoms with van der Waals surface area (Å²) in [5.41, 5.74) is -0.676. The second kappa shape index (κ2) is 31.5. The molecule has 0 spiro atoms. The van der Waals surface area contributed by atoms with Crippen molar-refractivity contribution in [3.63, 3.8) is 0 Å². The fraction of sp³-hybridized carbons (Fsp3) is 0.508. The summed E-state index contributed by atoms with van der Waals surface area (Å²) in [6.45, 7) is 5.65. The number of epoxide rings is 1. The normalized spacial score (nSPS) is 23.5. The van der Waals surface area contributed by atoms with Gasteiger partial charge in [0.2, 0.25) is 23.6 Å². The van der Waals surface area contributed by atoms with E-state index >= 15 is 0 Å². The van der Waals surface area contributed by atoms with Crippen molar-refractivity contribution < 1.29 is 106 Å². The molecule has 3 aromatic rings. The zero-order valence-corrected chi connectivity index (χ0v) is 53.4. The third kappa shape index (κ3) is 18.2. The number of amides is 6. The maximum Gasteiger partial charge on any atom is 0.412 e. The number of anilines is 3. The van der Waals surface area contributed by atoms with Gasteiger partial charge in [-0.05, 0) is 68.7 Å². The number of alkyl carbamates (subject to hydrolysis) is 1. The second-order valence-electron chi connectivity index (χ2n) is 22.6. The van der Waals surface area contributed by atoms with E-state index in [1.54, 1.807) is 50.3 Å². The monoisotopic (exact) mass is 1310 g/mol. The summed E-state index contributed by atoms with van der Waals surface area (Å²) in [5.74, 6) is -4.43. The first-order valence-electron chi connectivity index (χ1n) is 29.2. The summed E-state index contributed by atoms with van der Waals surface area (Å²) < 4.78 is 56.8. The number of carbonyl (C=O) groups excluding carboxylic acids is 8. The number of nitrogens with one attached hydrogen (secondary N) is 3. The Morgan fingerprint density at radius 3 is 2.34 bits per heavy atom. The fourth-order valence-corrected chi connectivity index (χ4v) is 10.5. The fourth-order valence-electron chi connectivity index (χ4n) is 10.2. The number of rotatable bonds is 19. The van der Waals surface area contributed by atoms with Gasteiger partial charge in [0, 0.05) is 72.9 Å². The molecule has 6 N–H and O–H groups in total. The lowest BCUT2D eigenvalue weighted by atomic mass is 9.83. The van der Waals surface area contributed by atoms with E-state index in [0.29, 0.717) is 28.2 Å². The molecule has 7 rings (SSSR count). The molecule has 0 aliphatic carbocycles. The van der Waals surface area contributed by atoms with Crippen LogP contribution in [-0.4, -0.2) is 219 Å². The minimum atomic E-state index is -1.92. The van der Waals surface area contributed by atoms with Crippen LogP contribution in [-0.2, 0) is 74.8 Å². The quantitative estimate of drug-likeness (QED) is 0.0398. The van der Waals surface area contributed by atoms with Crippen LogP contribution in [0.15, 0.2) is 78.4 Å². The van der Waals surface area contributed by atoms with E-state index in [-0.39, 0.29) is 68.9 Å². The minimum absolute atomic E-state index is 0.00603. The highest BCUT2D eigenvalue weighted by atomic mass is 35.5. The van der Waals surface area contributed by atoms with Crippen molar-refractivity contribution in [2.24, 2.45) is 5.92 Å². The number of esters is 1. The zero-order valence-electron chi connectivity index (χ0n) is 52.7. The van der Waals surface area contributed by atoms with Crippen molar-refractivity contribution in [3.8, 4) is 17.5 Å². The van der Waals surface area contributed by atoms with Gasteiger partial charge >= 0.3 is 36.3 Å². The van der Waals surface area contributed by atoms with Gasteiger partial charge in [-0.15, -0.1) is 4.73 Å². The average Bonchev–Trinajstić information content (AvgIpc) is 1.57. The summed E-state index contributed by atoms with van der Waals surface area (Å²) in [6, 6.07) is 8.92. The number of fused-ring (bicyclic) bond motifs is 5. The van der Waals surface area contributed by atoms with Crippen LogP contribution in [0.4, 0.5) is 36.2 Å². The van der Waals surface area contributed by atoms with E-state index in [9.17, 15) is 53.7 Å². The van der Waals surface area contributed by atoms with Gasteiger partial charge in [-0.1, -0.05) is 54.5 Å². The number of carbonyl (C=O) groups is 8. The van der Waals surface area contributed by atoms with E-state index in [1.807, 2.05) is 13.0 Å². The maximum absolute atomic E-state index is 14.4. The molecule has 0 saturated carbocycles. The van der Waals surface area contributed by atoms with E-state index in [0.717, 1.165) is 28.2 Å². The third-order valence-corrected chi connectivity index (χ3v) is 16.2. The van der Waals surface area contributed by atoms with E-state index in [1.165, 1.54) is 82.2 Å². The number of aliphatic hydroxyl groups is 1. The molecular weight excluding hydrogens is 1230 g/mol. The molecule has 4 aliphatic heterocycles. The summed E-state index contributed by atoms with van der Waals surface area (Å²) >= 11 is 6.83. The number of methoxy groups -OCH3 is 2. The summed E-state index contributed by atoms with van der Waals surface area (Å²) in [4.78, 5) is 117. The molecule has 2 saturated heterocycles. The number of ether oxygens (including phenoxy) is 10. The number of hydrogen-bond acceptors (Lipinski definition) is 23. The Balaban J connectivity index is 0.927. The zero-order chi connectivity index (χ0) is 67.2. The van der Waals surface area contributed by atoms with E-state index < -0.39 is 133 Å². The molecular formula is C61H79ClN8O22. The van der Waals surface area contributed by atoms with E-state index in [4.69, 9.17) is 63.8 Å². The number of aromatic nitrogens is 1. The van der Waals surface area contributed by atoms with Crippen molar-refractivity contribution in [3.05, 3.63) is 94.6 Å². The van der Waals surface area contributed by atoms with Crippen molar-refractivity contribution >= 4 is 76.8 Å². The third-order valence-electron chi connectivity index (χ3n) is 15.8. The molecule has 5 heterocycles. The number of nitrogens with zero attached hydrogens (tertiary/aromatic N) is 5. The highest BCUT2D eigenvalue weighted by Gasteiger charge is 2.64. The van der Waals surface area contributed by atoms with Gasteiger partial charge in [0.05, 0.1) is 56.3 Å². The van der Waals surface area contributed by atoms with Crippen molar-refractivity contribution in [1.29, 1.82) is 0 Å². The lowest BCUT2D eigenvalue weighted by Crippen LogP contribution is -2.63. The van der Waals surface area contributed by atoms with Gasteiger partial charge in [-0.3, -0.25) is 20.2 Å². The highest BCUT2D eigenvalue weighted by molar-refractivity contribution is 6.35. The molecule has 0 radical (unpaired) electrons. The van der Waals surface area contributed by atoms with Crippen molar-refractivity contribution in [1.82, 2.24) is 24.7 Å². The van der Waals surface area contributed by atoms with Gasteiger partial charge in [-0.2, -0.15) is 0 Å². The Morgan fingerprint density at radius 1 is 0.935 bits per heavy atom. The van der Waals surface area contributed by atoms with Gasteiger partial charge in [0.15, 0.2) is 5.72 Å². The lowest BCUT2D eigenvalue weighted by molar-refractivity contribution is -0.162. The van der Waals surface area contributed by atoms with Crippen LogP contribution in [0, 0.1) is 5.92 Å². The Labute approximate surface area is 535 Å². The Kier molecular flexibility index (Phi) is 24.2. The predicted molar refractivity (Wildman–Crippen MR) is 326 cm³/mol. The van der Waals surface area contributed by atoms with Gasteiger partial charge in [-0.25, -0.2) is 28.8 Å². The molecule has 2 aromatic carbocycles.